The molecule has 0 saturated carbocycles. The monoisotopic (exact) mass is 422 g/mol. The Labute approximate surface area is 141 Å². The van der Waals surface area contributed by atoms with E-state index >= 15 is 0 Å². The van der Waals surface area contributed by atoms with Crippen molar-refractivity contribution in [2.45, 2.75) is 6.18 Å². The first-order valence-electron chi connectivity index (χ1n) is 5.73. The summed E-state index contributed by atoms with van der Waals surface area (Å²) in [5, 5.41) is 10.3. The summed E-state index contributed by atoms with van der Waals surface area (Å²) < 4.78 is 32.6. The summed E-state index contributed by atoms with van der Waals surface area (Å²) in [6.07, 6.45) is -1.63. The maximum atomic E-state index is 10.6. The van der Waals surface area contributed by atoms with E-state index in [1.165, 1.54) is 0 Å². The molecule has 0 bridgehead atoms. The van der Waals surface area contributed by atoms with E-state index in [0.29, 0.717) is 5.95 Å². The highest BCUT2D eigenvalue weighted by atomic mass is 79.9. The van der Waals surface area contributed by atoms with Gasteiger partial charge in [-0.3, -0.25) is 0 Å². The Bertz CT molecular complexity index is 437. The van der Waals surface area contributed by atoms with Gasteiger partial charge in [0.1, 0.15) is 0 Å². The Balaban J connectivity index is 0.000000534. The lowest BCUT2D eigenvalue weighted by Crippen LogP contribution is -2.21. The van der Waals surface area contributed by atoms with Crippen LogP contribution in [0.3, 0.4) is 0 Å². The molecule has 1 aromatic rings. The number of carboxylic acid groups (broad SMARTS) is 1. The second-order valence-corrected chi connectivity index (χ2v) is 7.00. The largest absolute Gasteiger partial charge is 0.490 e. The molecular formula is C10H14BrF3N4O2S2. The van der Waals surface area contributed by atoms with Crippen molar-refractivity contribution in [2.24, 2.45) is 5.73 Å². The second-order valence-electron chi connectivity index (χ2n) is 3.39. The molecule has 6 nitrogen and oxygen atoms in total. The molecule has 0 saturated heterocycles. The van der Waals surface area contributed by atoms with Gasteiger partial charge in [0, 0.05) is 37.0 Å². The van der Waals surface area contributed by atoms with Crippen LogP contribution in [0.4, 0.5) is 19.1 Å². The van der Waals surface area contributed by atoms with Gasteiger partial charge in [-0.1, -0.05) is 21.6 Å². The Morgan fingerprint density at radius 1 is 1.32 bits per heavy atom. The van der Waals surface area contributed by atoms with Gasteiger partial charge in [0.05, 0.1) is 4.47 Å². The van der Waals surface area contributed by atoms with Crippen molar-refractivity contribution in [3.8, 4) is 0 Å². The molecule has 0 aromatic carbocycles. The van der Waals surface area contributed by atoms with Crippen LogP contribution in [0.5, 0.6) is 0 Å². The molecule has 0 aliphatic heterocycles. The number of hydrogen-bond donors (Lipinski definition) is 3. The topological polar surface area (TPSA) is 101 Å². The lowest BCUT2D eigenvalue weighted by Gasteiger charge is -2.03. The molecule has 1 rings (SSSR count). The predicted octanol–water partition coefficient (Wildman–Crippen LogP) is 2.62. The number of anilines is 1. The van der Waals surface area contributed by atoms with Crippen LogP contribution in [0.25, 0.3) is 0 Å². The van der Waals surface area contributed by atoms with Crippen molar-refractivity contribution in [1.29, 1.82) is 0 Å². The maximum Gasteiger partial charge on any atom is 0.490 e. The third kappa shape index (κ3) is 11.9. The predicted molar refractivity (Wildman–Crippen MR) is 85.9 cm³/mol. The van der Waals surface area contributed by atoms with Gasteiger partial charge in [-0.15, -0.1) is 0 Å². The van der Waals surface area contributed by atoms with Crippen LogP contribution in [0, 0.1) is 0 Å². The number of carbonyl (C=O) groups is 1. The smallest absolute Gasteiger partial charge is 0.475 e. The number of rotatable bonds is 7. The molecule has 4 N–H and O–H groups in total. The van der Waals surface area contributed by atoms with Gasteiger partial charge in [-0.25, -0.2) is 14.8 Å². The third-order valence-electron chi connectivity index (χ3n) is 1.62. The summed E-state index contributed by atoms with van der Waals surface area (Å²) in [7, 11) is 3.60. The zero-order valence-corrected chi connectivity index (χ0v) is 14.4. The summed E-state index contributed by atoms with van der Waals surface area (Å²) in [6.45, 7) is 1.60. The minimum Gasteiger partial charge on any atom is -0.475 e. The molecule has 0 spiro atoms. The lowest BCUT2D eigenvalue weighted by atomic mass is 10.6. The Morgan fingerprint density at radius 2 is 1.82 bits per heavy atom. The zero-order valence-electron chi connectivity index (χ0n) is 11.1. The van der Waals surface area contributed by atoms with Gasteiger partial charge in [-0.2, -0.15) is 13.2 Å². The van der Waals surface area contributed by atoms with Gasteiger partial charge in [0.2, 0.25) is 5.95 Å². The first-order valence-corrected chi connectivity index (χ1v) is 9.01. The van der Waals surface area contributed by atoms with Crippen molar-refractivity contribution >= 4 is 49.4 Å². The minimum absolute atomic E-state index is 0.669. The fourth-order valence-electron chi connectivity index (χ4n) is 0.774. The standard InChI is InChI=1S/C8H13BrN4S2.C2HF3O2/c9-7-5-12-8(13-6-7)11-2-4-15-14-3-1-10;3-2(4,5)1(6)7/h5-6H,1-4,10H2,(H,11,12,13);(H,6,7). The molecule has 0 radical (unpaired) electrons. The summed E-state index contributed by atoms with van der Waals surface area (Å²) in [6, 6.07) is 0. The summed E-state index contributed by atoms with van der Waals surface area (Å²) >= 11 is 3.28. The van der Waals surface area contributed by atoms with Gasteiger partial charge in [0.25, 0.3) is 0 Å². The number of hydrogen-bond acceptors (Lipinski definition) is 7. The number of carboxylic acids is 1. The molecule has 0 atom stereocenters. The Hall–Kier alpha value is -0.720. The first-order chi connectivity index (χ1) is 10.3. The van der Waals surface area contributed by atoms with Crippen LogP contribution in [0.1, 0.15) is 0 Å². The third-order valence-corrected chi connectivity index (χ3v) is 4.47. The minimum atomic E-state index is -5.08. The van der Waals surface area contributed by atoms with Crippen molar-refractivity contribution in [3.05, 3.63) is 16.9 Å². The van der Waals surface area contributed by atoms with E-state index in [4.69, 9.17) is 15.6 Å². The molecule has 1 heterocycles. The maximum absolute atomic E-state index is 10.6. The van der Waals surface area contributed by atoms with Crippen LogP contribution in [-0.4, -0.2) is 51.8 Å². The number of nitrogens with two attached hydrogens (primary N) is 1. The summed E-state index contributed by atoms with van der Waals surface area (Å²) in [5.74, 6) is -0.0704. The van der Waals surface area contributed by atoms with E-state index in [1.807, 2.05) is 10.8 Å². The summed E-state index contributed by atoms with van der Waals surface area (Å²) in [5.41, 5.74) is 5.37. The highest BCUT2D eigenvalue weighted by Crippen LogP contribution is 2.19. The first kappa shape index (κ1) is 21.3. The van der Waals surface area contributed by atoms with Crippen LogP contribution in [-0.2, 0) is 4.79 Å². The zero-order chi connectivity index (χ0) is 17.0. The fourth-order valence-corrected chi connectivity index (χ4v) is 2.74. The van der Waals surface area contributed by atoms with Crippen molar-refractivity contribution < 1.29 is 23.1 Å². The molecular weight excluding hydrogens is 409 g/mol. The number of alkyl halides is 3. The number of halogens is 4. The average Bonchev–Trinajstić information content (AvgIpc) is 2.44. The van der Waals surface area contributed by atoms with E-state index in [2.05, 4.69) is 31.2 Å². The quantitative estimate of drug-likeness (QED) is 0.455. The van der Waals surface area contributed by atoms with E-state index < -0.39 is 12.1 Å². The number of nitrogens with zero attached hydrogens (tertiary/aromatic N) is 2. The van der Waals surface area contributed by atoms with E-state index in [-0.39, 0.29) is 0 Å². The lowest BCUT2D eigenvalue weighted by molar-refractivity contribution is -0.192. The number of aliphatic carboxylic acids is 1. The van der Waals surface area contributed by atoms with Crippen LogP contribution < -0.4 is 11.1 Å². The Morgan fingerprint density at radius 3 is 2.27 bits per heavy atom. The van der Waals surface area contributed by atoms with Crippen molar-refractivity contribution in [2.75, 3.05) is 29.9 Å². The molecule has 0 fully saturated rings. The second kappa shape index (κ2) is 11.8. The highest BCUT2D eigenvalue weighted by molar-refractivity contribution is 9.10. The molecule has 1 aromatic heterocycles. The average molecular weight is 423 g/mol. The van der Waals surface area contributed by atoms with E-state index in [0.717, 1.165) is 29.1 Å². The molecule has 0 aliphatic carbocycles. The Kier molecular flexibility index (Phi) is 11.4. The molecule has 12 heteroatoms. The summed E-state index contributed by atoms with van der Waals surface area (Å²) in [4.78, 5) is 17.1. The molecule has 0 unspecified atom stereocenters. The van der Waals surface area contributed by atoms with Gasteiger partial charge >= 0.3 is 12.1 Å². The highest BCUT2D eigenvalue weighted by Gasteiger charge is 2.38. The van der Waals surface area contributed by atoms with Crippen molar-refractivity contribution in [3.63, 3.8) is 0 Å². The number of nitrogens with one attached hydrogen (secondary N) is 1. The van der Waals surface area contributed by atoms with Crippen LogP contribution >= 0.6 is 37.5 Å². The molecule has 0 aliphatic rings. The van der Waals surface area contributed by atoms with Crippen LogP contribution in [0.2, 0.25) is 0 Å². The molecule has 22 heavy (non-hydrogen) atoms. The van der Waals surface area contributed by atoms with Crippen molar-refractivity contribution in [1.82, 2.24) is 9.97 Å². The van der Waals surface area contributed by atoms with E-state index in [1.54, 1.807) is 23.2 Å². The normalized spacial score (nSPS) is 10.6. The fraction of sp³-hybridized carbons (Fsp3) is 0.500. The van der Waals surface area contributed by atoms with Gasteiger partial charge < -0.3 is 16.2 Å². The van der Waals surface area contributed by atoms with Gasteiger partial charge in [-0.05, 0) is 15.9 Å². The molecule has 126 valence electrons. The SMILES string of the molecule is NCCSSCCNc1ncc(Br)cn1.O=C(O)C(F)(F)F. The number of aromatic nitrogens is 2. The van der Waals surface area contributed by atoms with Gasteiger partial charge in [0.15, 0.2) is 0 Å². The van der Waals surface area contributed by atoms with Crippen LogP contribution in [0.15, 0.2) is 16.9 Å². The van der Waals surface area contributed by atoms with E-state index in [9.17, 15) is 13.2 Å². The molecule has 0 amide bonds.